The maximum absolute atomic E-state index is 13.8. The minimum absolute atomic E-state index is 0.0668. The van der Waals surface area contributed by atoms with Gasteiger partial charge in [-0.05, 0) is 47.0 Å². The molecule has 0 spiro atoms. The first-order valence-electron chi connectivity index (χ1n) is 10.3. The third-order valence-corrected chi connectivity index (χ3v) is 5.64. The van der Waals surface area contributed by atoms with Crippen LogP contribution >= 0.6 is 0 Å². The number of carbonyl (C=O) groups is 2. The molecule has 1 aromatic carbocycles. The standard InChI is InChI=1S/C23H19FN4O5/c24-15-4-1-3-14(9-15)11-28-18-12-27(8-6-16(18)17-5-2-7-25-22(17)28)21(29)13-32-20-10-19(23(30)31)33-26-20/h1-5,7,9-10H,6,8,11-13H2,(H,30,31). The fraction of sp³-hybridized carbons (Fsp3) is 0.217. The molecule has 9 nitrogen and oxygen atoms in total. The van der Waals surface area contributed by atoms with Gasteiger partial charge in [-0.3, -0.25) is 4.79 Å². The number of amides is 1. The van der Waals surface area contributed by atoms with E-state index in [2.05, 4.69) is 14.7 Å². The average molecular weight is 450 g/mol. The van der Waals surface area contributed by atoms with E-state index in [0.717, 1.165) is 33.9 Å². The molecule has 0 radical (unpaired) electrons. The number of pyridine rings is 1. The van der Waals surface area contributed by atoms with Gasteiger partial charge in [0.25, 0.3) is 11.8 Å². The van der Waals surface area contributed by atoms with Gasteiger partial charge in [0.2, 0.25) is 5.76 Å². The maximum atomic E-state index is 13.8. The minimum Gasteiger partial charge on any atom is -0.475 e. The Bertz CT molecular complexity index is 1360. The molecule has 0 atom stereocenters. The Morgan fingerprint density at radius 1 is 1.21 bits per heavy atom. The summed E-state index contributed by atoms with van der Waals surface area (Å²) in [7, 11) is 0. The Hall–Kier alpha value is -4.21. The van der Waals surface area contributed by atoms with Crippen LogP contribution in [0.1, 0.15) is 27.4 Å². The van der Waals surface area contributed by atoms with Crippen LogP contribution in [0.3, 0.4) is 0 Å². The molecule has 1 aliphatic rings. The molecule has 4 heterocycles. The van der Waals surface area contributed by atoms with Crippen molar-refractivity contribution in [3.8, 4) is 5.88 Å². The Balaban J connectivity index is 1.38. The zero-order valence-corrected chi connectivity index (χ0v) is 17.4. The van der Waals surface area contributed by atoms with E-state index in [-0.39, 0.29) is 30.0 Å². The van der Waals surface area contributed by atoms with Crippen LogP contribution in [0.4, 0.5) is 4.39 Å². The number of ether oxygens (including phenoxy) is 1. The van der Waals surface area contributed by atoms with E-state index < -0.39 is 5.97 Å². The fourth-order valence-corrected chi connectivity index (χ4v) is 4.12. The summed E-state index contributed by atoms with van der Waals surface area (Å²) in [6, 6.07) is 11.4. The second kappa shape index (κ2) is 8.38. The lowest BCUT2D eigenvalue weighted by Crippen LogP contribution is -2.39. The Kier molecular flexibility index (Phi) is 5.25. The van der Waals surface area contributed by atoms with E-state index in [1.807, 2.05) is 22.8 Å². The number of aromatic nitrogens is 3. The smallest absolute Gasteiger partial charge is 0.374 e. The number of carboxylic acids is 1. The predicted octanol–water partition coefficient (Wildman–Crippen LogP) is 2.87. The van der Waals surface area contributed by atoms with Crippen molar-refractivity contribution < 1.29 is 28.3 Å². The largest absolute Gasteiger partial charge is 0.475 e. The lowest BCUT2D eigenvalue weighted by Gasteiger charge is -2.28. The van der Waals surface area contributed by atoms with E-state index in [0.29, 0.717) is 26.1 Å². The summed E-state index contributed by atoms with van der Waals surface area (Å²) in [4.78, 5) is 29.9. The Morgan fingerprint density at radius 2 is 2.09 bits per heavy atom. The second-order valence-electron chi connectivity index (χ2n) is 7.70. The molecule has 0 unspecified atom stereocenters. The number of fused-ring (bicyclic) bond motifs is 3. The van der Waals surface area contributed by atoms with Gasteiger partial charge in [0.15, 0.2) is 6.61 Å². The number of carboxylic acid groups (broad SMARTS) is 1. The molecular weight excluding hydrogens is 431 g/mol. The summed E-state index contributed by atoms with van der Waals surface area (Å²) in [6.45, 7) is 0.976. The van der Waals surface area contributed by atoms with E-state index in [9.17, 15) is 14.0 Å². The summed E-state index contributed by atoms with van der Waals surface area (Å²) < 4.78 is 25.7. The molecule has 0 saturated carbocycles. The van der Waals surface area contributed by atoms with Crippen molar-refractivity contribution in [3.05, 3.63) is 77.1 Å². The van der Waals surface area contributed by atoms with Crippen molar-refractivity contribution >= 4 is 22.9 Å². The molecule has 1 aliphatic heterocycles. The number of nitrogens with zero attached hydrogens (tertiary/aromatic N) is 4. The number of hydrogen-bond donors (Lipinski definition) is 1. The maximum Gasteiger partial charge on any atom is 0.374 e. The van der Waals surface area contributed by atoms with Crippen LogP contribution in [-0.4, -0.2) is 49.7 Å². The van der Waals surface area contributed by atoms with Crippen LogP contribution in [0.5, 0.6) is 5.88 Å². The van der Waals surface area contributed by atoms with Crippen LogP contribution in [0.2, 0.25) is 0 Å². The average Bonchev–Trinajstić information content (AvgIpc) is 3.41. The summed E-state index contributed by atoms with van der Waals surface area (Å²) in [5.74, 6) is -2.28. The highest BCUT2D eigenvalue weighted by Crippen LogP contribution is 2.30. The first kappa shape index (κ1) is 20.7. The molecule has 3 aromatic heterocycles. The van der Waals surface area contributed by atoms with Crippen LogP contribution in [0.15, 0.2) is 53.2 Å². The number of halogens is 1. The van der Waals surface area contributed by atoms with Gasteiger partial charge in [-0.25, -0.2) is 14.2 Å². The molecule has 168 valence electrons. The first-order chi connectivity index (χ1) is 16.0. The third kappa shape index (κ3) is 4.02. The fourth-order valence-electron chi connectivity index (χ4n) is 4.12. The number of carbonyl (C=O) groups excluding carboxylic acids is 1. The number of rotatable bonds is 6. The molecule has 0 aliphatic carbocycles. The number of hydrogen-bond acceptors (Lipinski definition) is 6. The minimum atomic E-state index is -1.27. The van der Waals surface area contributed by atoms with Gasteiger partial charge < -0.3 is 23.8 Å². The molecule has 0 fully saturated rings. The van der Waals surface area contributed by atoms with Crippen molar-refractivity contribution in [3.63, 3.8) is 0 Å². The van der Waals surface area contributed by atoms with Crippen LogP contribution in [0, 0.1) is 5.82 Å². The van der Waals surface area contributed by atoms with E-state index >= 15 is 0 Å². The van der Waals surface area contributed by atoms with Crippen LogP contribution < -0.4 is 4.74 Å². The molecule has 1 N–H and O–H groups in total. The topological polar surface area (TPSA) is 111 Å². The van der Waals surface area contributed by atoms with Crippen LogP contribution in [-0.2, 0) is 24.3 Å². The Labute approximate surface area is 187 Å². The zero-order valence-electron chi connectivity index (χ0n) is 17.4. The van der Waals surface area contributed by atoms with Gasteiger partial charge in [0, 0.05) is 30.4 Å². The van der Waals surface area contributed by atoms with Crippen LogP contribution in [0.25, 0.3) is 11.0 Å². The monoisotopic (exact) mass is 450 g/mol. The van der Waals surface area contributed by atoms with Gasteiger partial charge in [0.1, 0.15) is 11.5 Å². The number of aromatic carboxylic acids is 1. The molecule has 10 heteroatoms. The van der Waals surface area contributed by atoms with Crippen molar-refractivity contribution in [2.24, 2.45) is 0 Å². The lowest BCUT2D eigenvalue weighted by molar-refractivity contribution is -0.134. The van der Waals surface area contributed by atoms with Gasteiger partial charge in [-0.2, -0.15) is 0 Å². The molecule has 33 heavy (non-hydrogen) atoms. The zero-order chi connectivity index (χ0) is 22.9. The van der Waals surface area contributed by atoms with Crippen molar-refractivity contribution in [2.75, 3.05) is 13.2 Å². The summed E-state index contributed by atoms with van der Waals surface area (Å²) in [5, 5.41) is 13.4. The van der Waals surface area contributed by atoms with E-state index in [1.165, 1.54) is 12.1 Å². The summed E-state index contributed by atoms with van der Waals surface area (Å²) in [5.41, 5.74) is 3.66. The molecule has 1 amide bonds. The van der Waals surface area contributed by atoms with Gasteiger partial charge in [0.05, 0.1) is 12.6 Å². The molecular formula is C23H19FN4O5. The molecule has 0 bridgehead atoms. The Morgan fingerprint density at radius 3 is 2.88 bits per heavy atom. The van der Waals surface area contributed by atoms with Crippen molar-refractivity contribution in [2.45, 2.75) is 19.5 Å². The van der Waals surface area contributed by atoms with Crippen molar-refractivity contribution in [1.29, 1.82) is 0 Å². The lowest BCUT2D eigenvalue weighted by atomic mass is 10.0. The van der Waals surface area contributed by atoms with Gasteiger partial charge in [-0.15, -0.1) is 0 Å². The molecule has 0 saturated heterocycles. The summed E-state index contributed by atoms with van der Waals surface area (Å²) in [6.07, 6.45) is 2.36. The van der Waals surface area contributed by atoms with Gasteiger partial charge >= 0.3 is 5.97 Å². The van der Waals surface area contributed by atoms with E-state index in [4.69, 9.17) is 9.84 Å². The first-order valence-corrected chi connectivity index (χ1v) is 10.3. The molecule has 4 aromatic rings. The normalized spacial score (nSPS) is 13.2. The second-order valence-corrected chi connectivity index (χ2v) is 7.70. The van der Waals surface area contributed by atoms with E-state index in [1.54, 1.807) is 17.2 Å². The highest BCUT2D eigenvalue weighted by Gasteiger charge is 2.27. The highest BCUT2D eigenvalue weighted by molar-refractivity contribution is 5.85. The molecule has 5 rings (SSSR count). The van der Waals surface area contributed by atoms with Crippen molar-refractivity contribution in [1.82, 2.24) is 19.6 Å². The summed E-state index contributed by atoms with van der Waals surface area (Å²) >= 11 is 0. The number of benzene rings is 1. The highest BCUT2D eigenvalue weighted by atomic mass is 19.1. The SMILES string of the molecule is O=C(O)c1cc(OCC(=O)N2CCc3c(n(Cc4cccc(F)c4)c4ncccc34)C2)no1. The quantitative estimate of drug-likeness (QED) is 0.481. The predicted molar refractivity (Wildman–Crippen MR) is 113 cm³/mol. The van der Waals surface area contributed by atoms with Gasteiger partial charge in [-0.1, -0.05) is 12.1 Å². The third-order valence-electron chi connectivity index (χ3n) is 5.64.